The monoisotopic (exact) mass is 397 g/mol. The molecule has 4 aliphatic rings. The minimum Gasteiger partial charge on any atom is -0.381 e. The topological polar surface area (TPSA) is 45.7 Å². The summed E-state index contributed by atoms with van der Waals surface area (Å²) in [5.41, 5.74) is 1.93. The van der Waals surface area contributed by atoms with Crippen LogP contribution in [-0.4, -0.2) is 59.6 Å². The lowest BCUT2D eigenvalue weighted by atomic mass is 9.60. The lowest BCUT2D eigenvalue weighted by molar-refractivity contribution is -0.148. The third-order valence-electron chi connectivity index (χ3n) is 8.10. The van der Waals surface area contributed by atoms with E-state index in [-0.39, 0.29) is 5.92 Å². The summed E-state index contributed by atoms with van der Waals surface area (Å²) in [4.78, 5) is 22.1. The highest BCUT2D eigenvalue weighted by Gasteiger charge is 2.55. The second-order valence-electron chi connectivity index (χ2n) is 9.72. The van der Waals surface area contributed by atoms with Crippen LogP contribution in [0.15, 0.2) is 24.5 Å². The Bertz CT molecular complexity index is 689. The normalized spacial score (nSPS) is 29.0. The molecule has 3 aliphatic heterocycles. The molecule has 5 heteroatoms. The molecule has 1 aromatic heterocycles. The molecular formula is C24H35N3O2. The van der Waals surface area contributed by atoms with Crippen LogP contribution in [0.25, 0.3) is 0 Å². The van der Waals surface area contributed by atoms with E-state index in [4.69, 9.17) is 4.74 Å². The molecule has 29 heavy (non-hydrogen) atoms. The maximum Gasteiger partial charge on any atom is 0.225 e. The minimum atomic E-state index is 0.194. The number of hydrogen-bond donors (Lipinski definition) is 0. The van der Waals surface area contributed by atoms with Crippen molar-refractivity contribution in [1.29, 1.82) is 0 Å². The fourth-order valence-electron chi connectivity index (χ4n) is 6.52. The Kier molecular flexibility index (Phi) is 5.61. The van der Waals surface area contributed by atoms with Crippen molar-refractivity contribution in [3.63, 3.8) is 0 Å². The number of likely N-dealkylation sites (tertiary alicyclic amines) is 2. The van der Waals surface area contributed by atoms with Gasteiger partial charge in [0.25, 0.3) is 0 Å². The van der Waals surface area contributed by atoms with Crippen molar-refractivity contribution >= 4 is 5.91 Å². The molecule has 1 amide bonds. The van der Waals surface area contributed by atoms with Gasteiger partial charge in [0.05, 0.1) is 0 Å². The zero-order chi connectivity index (χ0) is 19.7. The number of carbonyl (C=O) groups is 1. The number of pyridine rings is 1. The number of carbonyl (C=O) groups excluding carboxylic acids is 1. The molecule has 4 fully saturated rings. The van der Waals surface area contributed by atoms with E-state index in [1.54, 1.807) is 0 Å². The average Bonchev–Trinajstić information content (AvgIpc) is 2.79. The highest BCUT2D eigenvalue weighted by molar-refractivity contribution is 5.79. The van der Waals surface area contributed by atoms with Gasteiger partial charge in [-0.05, 0) is 56.2 Å². The van der Waals surface area contributed by atoms with Gasteiger partial charge in [0.1, 0.15) is 0 Å². The van der Waals surface area contributed by atoms with Gasteiger partial charge in [-0.1, -0.05) is 19.3 Å². The summed E-state index contributed by atoms with van der Waals surface area (Å²) in [5, 5.41) is 0. The Hall–Kier alpha value is -1.46. The molecule has 1 atom stereocenters. The quantitative estimate of drug-likeness (QED) is 0.778. The first-order chi connectivity index (χ1) is 14.3. The van der Waals surface area contributed by atoms with Crippen molar-refractivity contribution < 1.29 is 9.53 Å². The van der Waals surface area contributed by atoms with Crippen LogP contribution in [0.3, 0.4) is 0 Å². The smallest absolute Gasteiger partial charge is 0.225 e. The number of ether oxygens (including phenoxy) is 1. The second kappa shape index (κ2) is 8.35. The van der Waals surface area contributed by atoms with Gasteiger partial charge < -0.3 is 9.64 Å². The first kappa shape index (κ1) is 19.5. The third-order valence-corrected chi connectivity index (χ3v) is 8.10. The van der Waals surface area contributed by atoms with E-state index in [0.29, 0.717) is 23.4 Å². The summed E-state index contributed by atoms with van der Waals surface area (Å²) in [6, 6.07) is 5.63. The van der Waals surface area contributed by atoms with Crippen LogP contribution in [0.5, 0.6) is 0 Å². The van der Waals surface area contributed by atoms with Crippen LogP contribution in [0.1, 0.15) is 69.4 Å². The number of piperidine rings is 1. The van der Waals surface area contributed by atoms with Gasteiger partial charge in [-0.25, -0.2) is 0 Å². The Morgan fingerprint density at radius 3 is 2.38 bits per heavy atom. The molecule has 158 valence electrons. The largest absolute Gasteiger partial charge is 0.381 e. The lowest BCUT2D eigenvalue weighted by Gasteiger charge is -2.63. The summed E-state index contributed by atoms with van der Waals surface area (Å²) in [6.45, 7) is 4.59. The predicted octanol–water partition coefficient (Wildman–Crippen LogP) is 3.81. The first-order valence-corrected chi connectivity index (χ1v) is 11.8. The summed E-state index contributed by atoms with van der Waals surface area (Å²) in [7, 11) is 0. The van der Waals surface area contributed by atoms with Crippen LogP contribution in [0.4, 0.5) is 0 Å². The fourth-order valence-corrected chi connectivity index (χ4v) is 6.52. The summed E-state index contributed by atoms with van der Waals surface area (Å²) in [5.74, 6) is 0.573. The van der Waals surface area contributed by atoms with E-state index in [2.05, 4.69) is 26.9 Å². The van der Waals surface area contributed by atoms with Crippen LogP contribution in [0.2, 0.25) is 0 Å². The van der Waals surface area contributed by atoms with Gasteiger partial charge in [0.15, 0.2) is 0 Å². The molecule has 5 rings (SSSR count). The highest BCUT2D eigenvalue weighted by atomic mass is 16.5. The molecular weight excluding hydrogens is 362 g/mol. The summed E-state index contributed by atoms with van der Waals surface area (Å²) in [6.07, 6.45) is 14.9. The maximum absolute atomic E-state index is 12.9. The molecule has 1 unspecified atom stereocenters. The van der Waals surface area contributed by atoms with Crippen molar-refractivity contribution in [1.82, 2.24) is 14.8 Å². The molecule has 0 aromatic carbocycles. The second-order valence-corrected chi connectivity index (χ2v) is 9.72. The summed E-state index contributed by atoms with van der Waals surface area (Å²) < 4.78 is 5.43. The molecule has 5 nitrogen and oxygen atoms in total. The van der Waals surface area contributed by atoms with Gasteiger partial charge in [0, 0.05) is 68.7 Å². The van der Waals surface area contributed by atoms with Crippen LogP contribution >= 0.6 is 0 Å². The predicted molar refractivity (Wildman–Crippen MR) is 112 cm³/mol. The molecule has 3 saturated heterocycles. The van der Waals surface area contributed by atoms with Gasteiger partial charge >= 0.3 is 0 Å². The number of nitrogens with zero attached hydrogens (tertiary/aromatic N) is 3. The first-order valence-electron chi connectivity index (χ1n) is 11.8. The van der Waals surface area contributed by atoms with Crippen LogP contribution < -0.4 is 0 Å². The number of aromatic nitrogens is 1. The molecule has 1 saturated carbocycles. The number of rotatable bonds is 3. The van der Waals surface area contributed by atoms with Gasteiger partial charge in [-0.15, -0.1) is 0 Å². The molecule has 1 aromatic rings. The molecule has 0 N–H and O–H groups in total. The zero-order valence-corrected chi connectivity index (χ0v) is 17.6. The number of hydrogen-bond acceptors (Lipinski definition) is 4. The molecule has 1 spiro atoms. The Balaban J connectivity index is 1.25. The standard InChI is InChI=1S/C24H35N3O2/c28-23(20-8-16-29-17-9-20)26-14-6-21(7-15-26)27-18-24(10-2-1-3-11-24)22(27)19-4-12-25-13-5-19/h4-5,12-13,20-22H,1-3,6-11,14-18H2. The van der Waals surface area contributed by atoms with Crippen molar-refractivity contribution in [2.75, 3.05) is 32.8 Å². The van der Waals surface area contributed by atoms with E-state index < -0.39 is 0 Å². The van der Waals surface area contributed by atoms with Gasteiger partial charge in [-0.2, -0.15) is 0 Å². The maximum atomic E-state index is 12.9. The summed E-state index contributed by atoms with van der Waals surface area (Å²) >= 11 is 0. The van der Waals surface area contributed by atoms with Crippen molar-refractivity contribution in [2.24, 2.45) is 11.3 Å². The van der Waals surface area contributed by atoms with Crippen molar-refractivity contribution in [3.05, 3.63) is 30.1 Å². The third kappa shape index (κ3) is 3.72. The van der Waals surface area contributed by atoms with Crippen LogP contribution in [-0.2, 0) is 9.53 Å². The van der Waals surface area contributed by atoms with E-state index >= 15 is 0 Å². The van der Waals surface area contributed by atoms with Crippen LogP contribution in [0, 0.1) is 11.3 Å². The molecule has 0 radical (unpaired) electrons. The SMILES string of the molecule is O=C(C1CCOCC1)N1CCC(N2CC3(CCCCC3)C2c2ccncc2)CC1. The Labute approximate surface area is 174 Å². The van der Waals surface area contributed by atoms with Crippen molar-refractivity contribution in [3.8, 4) is 0 Å². The minimum absolute atomic E-state index is 0.194. The molecule has 1 aliphatic carbocycles. The van der Waals surface area contributed by atoms with Gasteiger partial charge in [-0.3, -0.25) is 14.7 Å². The molecule has 4 heterocycles. The Morgan fingerprint density at radius 1 is 1.00 bits per heavy atom. The van der Waals surface area contributed by atoms with E-state index in [1.165, 1.54) is 44.2 Å². The van der Waals surface area contributed by atoms with Gasteiger partial charge in [0.2, 0.25) is 5.91 Å². The van der Waals surface area contributed by atoms with E-state index in [9.17, 15) is 4.79 Å². The average molecular weight is 398 g/mol. The zero-order valence-electron chi connectivity index (χ0n) is 17.6. The highest BCUT2D eigenvalue weighted by Crippen LogP contribution is 2.58. The fraction of sp³-hybridized carbons (Fsp3) is 0.750. The van der Waals surface area contributed by atoms with Crippen molar-refractivity contribution in [2.45, 2.75) is 69.9 Å². The molecule has 0 bridgehead atoms. The lowest BCUT2D eigenvalue weighted by Crippen LogP contribution is -2.64. The van der Waals surface area contributed by atoms with E-state index in [1.807, 2.05) is 12.4 Å². The number of amides is 1. The van der Waals surface area contributed by atoms with E-state index in [0.717, 1.165) is 52.0 Å². The Morgan fingerprint density at radius 2 is 1.69 bits per heavy atom.